The summed E-state index contributed by atoms with van der Waals surface area (Å²) in [6.07, 6.45) is 6.09. The summed E-state index contributed by atoms with van der Waals surface area (Å²) < 4.78 is 13.6. The molecule has 0 bridgehead atoms. The third-order valence-electron chi connectivity index (χ3n) is 5.16. The molecule has 3 rings (SSSR count). The fourth-order valence-corrected chi connectivity index (χ4v) is 3.83. The molecule has 1 saturated heterocycles. The molecule has 6 heteroatoms. The maximum absolute atomic E-state index is 13.6. The zero-order chi connectivity index (χ0) is 20.1. The molecule has 0 unspecified atom stereocenters. The SMILES string of the molecule is CCCc1cnc(C)nc1N1CCC[C@H](CNC(=O)c2cc(C)cc(F)c2)C1. The van der Waals surface area contributed by atoms with Crippen LogP contribution in [0, 0.1) is 25.6 Å². The number of aryl methyl sites for hydroxylation is 3. The third-order valence-corrected chi connectivity index (χ3v) is 5.16. The van der Waals surface area contributed by atoms with Crippen molar-refractivity contribution in [1.82, 2.24) is 15.3 Å². The molecule has 0 spiro atoms. The van der Waals surface area contributed by atoms with Gasteiger partial charge in [0.05, 0.1) is 0 Å². The molecular formula is C22H29FN4O. The number of carbonyl (C=O) groups is 1. The molecule has 1 N–H and O–H groups in total. The summed E-state index contributed by atoms with van der Waals surface area (Å²) in [5, 5.41) is 2.98. The van der Waals surface area contributed by atoms with Crippen molar-refractivity contribution in [3.05, 3.63) is 52.7 Å². The first kappa shape index (κ1) is 20.2. The van der Waals surface area contributed by atoms with Crippen molar-refractivity contribution < 1.29 is 9.18 Å². The molecule has 28 heavy (non-hydrogen) atoms. The molecule has 0 saturated carbocycles. The maximum atomic E-state index is 13.6. The molecule has 2 heterocycles. The Morgan fingerprint density at radius 1 is 1.32 bits per heavy atom. The Hall–Kier alpha value is -2.50. The van der Waals surface area contributed by atoms with E-state index in [1.807, 2.05) is 13.1 Å². The Labute approximate surface area is 166 Å². The van der Waals surface area contributed by atoms with Gasteiger partial charge in [-0.25, -0.2) is 14.4 Å². The minimum Gasteiger partial charge on any atom is -0.356 e. The second-order valence-electron chi connectivity index (χ2n) is 7.70. The van der Waals surface area contributed by atoms with E-state index in [0.29, 0.717) is 18.0 Å². The van der Waals surface area contributed by atoms with Gasteiger partial charge in [0.25, 0.3) is 5.91 Å². The summed E-state index contributed by atoms with van der Waals surface area (Å²) in [5.41, 5.74) is 2.31. The van der Waals surface area contributed by atoms with Gasteiger partial charge in [0.2, 0.25) is 0 Å². The second-order valence-corrected chi connectivity index (χ2v) is 7.70. The van der Waals surface area contributed by atoms with Gasteiger partial charge >= 0.3 is 0 Å². The van der Waals surface area contributed by atoms with Crippen LogP contribution in [0.3, 0.4) is 0 Å². The zero-order valence-electron chi connectivity index (χ0n) is 17.0. The van der Waals surface area contributed by atoms with E-state index in [1.54, 1.807) is 13.0 Å². The Bertz CT molecular complexity index is 819. The van der Waals surface area contributed by atoms with E-state index in [0.717, 1.165) is 56.0 Å². The van der Waals surface area contributed by atoms with E-state index in [1.165, 1.54) is 17.7 Å². The predicted octanol–water partition coefficient (Wildman–Crippen LogP) is 3.83. The van der Waals surface area contributed by atoms with Gasteiger partial charge < -0.3 is 10.2 Å². The fourth-order valence-electron chi connectivity index (χ4n) is 3.83. The lowest BCUT2D eigenvalue weighted by molar-refractivity contribution is 0.0945. The summed E-state index contributed by atoms with van der Waals surface area (Å²) in [5.74, 6) is 1.57. The minimum absolute atomic E-state index is 0.218. The number of anilines is 1. The highest BCUT2D eigenvalue weighted by molar-refractivity contribution is 5.94. The largest absolute Gasteiger partial charge is 0.356 e. The number of aromatic nitrogens is 2. The number of nitrogens with zero attached hydrogens (tertiary/aromatic N) is 3. The van der Waals surface area contributed by atoms with Gasteiger partial charge in [-0.1, -0.05) is 13.3 Å². The van der Waals surface area contributed by atoms with Crippen LogP contribution >= 0.6 is 0 Å². The molecule has 1 aromatic heterocycles. The van der Waals surface area contributed by atoms with Crippen molar-refractivity contribution in [1.29, 1.82) is 0 Å². The molecule has 150 valence electrons. The predicted molar refractivity (Wildman–Crippen MR) is 109 cm³/mol. The monoisotopic (exact) mass is 384 g/mol. The summed E-state index contributed by atoms with van der Waals surface area (Å²) in [7, 11) is 0. The van der Waals surface area contributed by atoms with Crippen LogP contribution in [0.2, 0.25) is 0 Å². The van der Waals surface area contributed by atoms with E-state index in [-0.39, 0.29) is 11.7 Å². The van der Waals surface area contributed by atoms with Crippen LogP contribution in [-0.4, -0.2) is 35.5 Å². The van der Waals surface area contributed by atoms with E-state index < -0.39 is 0 Å². The van der Waals surface area contributed by atoms with Crippen molar-refractivity contribution in [3.63, 3.8) is 0 Å². The van der Waals surface area contributed by atoms with Gasteiger partial charge in [0, 0.05) is 37.0 Å². The molecule has 1 atom stereocenters. The molecular weight excluding hydrogens is 355 g/mol. The quantitative estimate of drug-likeness (QED) is 0.822. The smallest absolute Gasteiger partial charge is 0.251 e. The van der Waals surface area contributed by atoms with E-state index >= 15 is 0 Å². The van der Waals surface area contributed by atoms with Crippen molar-refractivity contribution in [2.24, 2.45) is 5.92 Å². The average molecular weight is 384 g/mol. The lowest BCUT2D eigenvalue weighted by Gasteiger charge is -2.34. The number of benzene rings is 1. The number of hydrogen-bond acceptors (Lipinski definition) is 4. The molecule has 1 aromatic carbocycles. The van der Waals surface area contributed by atoms with Gasteiger partial charge in [-0.3, -0.25) is 4.79 Å². The third kappa shape index (κ3) is 5.06. The number of rotatable bonds is 6. The van der Waals surface area contributed by atoms with Crippen LogP contribution in [0.25, 0.3) is 0 Å². The van der Waals surface area contributed by atoms with Crippen LogP contribution in [0.4, 0.5) is 10.2 Å². The Kier molecular flexibility index (Phi) is 6.60. The van der Waals surface area contributed by atoms with Crippen molar-refractivity contribution in [3.8, 4) is 0 Å². The summed E-state index contributed by atoms with van der Waals surface area (Å²) in [4.78, 5) is 23.8. The number of carbonyl (C=O) groups excluding carboxylic acids is 1. The molecule has 1 amide bonds. The van der Waals surface area contributed by atoms with Crippen LogP contribution < -0.4 is 10.2 Å². The van der Waals surface area contributed by atoms with Crippen LogP contribution in [0.1, 0.15) is 53.5 Å². The van der Waals surface area contributed by atoms with Crippen LogP contribution in [0.15, 0.2) is 24.4 Å². The molecule has 0 radical (unpaired) electrons. The minimum atomic E-state index is -0.378. The topological polar surface area (TPSA) is 58.1 Å². The van der Waals surface area contributed by atoms with Gasteiger partial charge in [-0.2, -0.15) is 0 Å². The lowest BCUT2D eigenvalue weighted by atomic mass is 9.97. The summed E-state index contributed by atoms with van der Waals surface area (Å²) >= 11 is 0. The Balaban J connectivity index is 1.64. The number of hydrogen-bond donors (Lipinski definition) is 1. The second kappa shape index (κ2) is 9.13. The van der Waals surface area contributed by atoms with E-state index in [9.17, 15) is 9.18 Å². The van der Waals surface area contributed by atoms with Gasteiger partial charge in [-0.15, -0.1) is 0 Å². The zero-order valence-corrected chi connectivity index (χ0v) is 17.0. The number of halogens is 1. The highest BCUT2D eigenvalue weighted by Gasteiger charge is 2.23. The van der Waals surface area contributed by atoms with E-state index in [4.69, 9.17) is 4.98 Å². The Morgan fingerprint density at radius 3 is 2.89 bits per heavy atom. The molecule has 0 aliphatic carbocycles. The van der Waals surface area contributed by atoms with Crippen molar-refractivity contribution in [2.75, 3.05) is 24.5 Å². The normalized spacial score (nSPS) is 16.9. The molecule has 5 nitrogen and oxygen atoms in total. The molecule has 1 fully saturated rings. The highest BCUT2D eigenvalue weighted by Crippen LogP contribution is 2.25. The van der Waals surface area contributed by atoms with E-state index in [2.05, 4.69) is 22.1 Å². The average Bonchev–Trinajstić information content (AvgIpc) is 2.67. The Morgan fingerprint density at radius 2 is 2.14 bits per heavy atom. The van der Waals surface area contributed by atoms with Gasteiger partial charge in [0.1, 0.15) is 17.5 Å². The first-order valence-electron chi connectivity index (χ1n) is 10.1. The molecule has 1 aliphatic rings. The van der Waals surface area contributed by atoms with Crippen LogP contribution in [-0.2, 0) is 6.42 Å². The maximum Gasteiger partial charge on any atom is 0.251 e. The van der Waals surface area contributed by atoms with Gasteiger partial charge in [-0.05, 0) is 62.8 Å². The lowest BCUT2D eigenvalue weighted by Crippen LogP contribution is -2.41. The highest BCUT2D eigenvalue weighted by atomic mass is 19.1. The first-order valence-corrected chi connectivity index (χ1v) is 10.1. The standard InChI is InChI=1S/C22H29FN4O/c1-4-6-18-13-24-16(3)26-21(18)27-8-5-7-17(14-27)12-25-22(28)19-9-15(2)10-20(23)11-19/h9-11,13,17H,4-8,12,14H2,1-3H3,(H,25,28)/t17-/m1/s1. The summed E-state index contributed by atoms with van der Waals surface area (Å²) in [6, 6.07) is 4.43. The number of piperidine rings is 1. The molecule has 2 aromatic rings. The van der Waals surface area contributed by atoms with Crippen molar-refractivity contribution >= 4 is 11.7 Å². The molecule has 1 aliphatic heterocycles. The van der Waals surface area contributed by atoms with Crippen molar-refractivity contribution in [2.45, 2.75) is 46.5 Å². The van der Waals surface area contributed by atoms with Gasteiger partial charge in [0.15, 0.2) is 0 Å². The van der Waals surface area contributed by atoms with Crippen LogP contribution in [0.5, 0.6) is 0 Å². The first-order chi connectivity index (χ1) is 13.5. The summed E-state index contributed by atoms with van der Waals surface area (Å²) in [6.45, 7) is 8.28. The number of amides is 1. The number of nitrogens with one attached hydrogen (secondary N) is 1. The fraction of sp³-hybridized carbons (Fsp3) is 0.500.